The van der Waals surface area contributed by atoms with Crippen molar-refractivity contribution in [1.82, 2.24) is 0 Å². The summed E-state index contributed by atoms with van der Waals surface area (Å²) in [5.41, 5.74) is -7.73. The molecular formula is C44H66O16. The van der Waals surface area contributed by atoms with E-state index in [9.17, 15) is 19.2 Å². The van der Waals surface area contributed by atoms with Gasteiger partial charge in [-0.2, -0.15) is 0 Å². The summed E-state index contributed by atoms with van der Waals surface area (Å²) in [5, 5.41) is 0. The highest BCUT2D eigenvalue weighted by Crippen LogP contribution is 2.94. The van der Waals surface area contributed by atoms with Crippen molar-refractivity contribution in [3.05, 3.63) is 0 Å². The maximum atomic E-state index is 15.8. The molecular weight excluding hydrogens is 784 g/mol. The molecule has 4 fully saturated rings. The van der Waals surface area contributed by atoms with Crippen molar-refractivity contribution in [2.24, 2.45) is 45.3 Å². The van der Waals surface area contributed by atoms with Gasteiger partial charge in [-0.1, -0.05) is 52.4 Å². The van der Waals surface area contributed by atoms with Gasteiger partial charge >= 0.3 is 47.8 Å². The first kappa shape index (κ1) is 48.4. The fraction of sp³-hybridized carbons (Fsp3) is 0.818. The molecule has 0 radical (unpaired) electrons. The van der Waals surface area contributed by atoms with Gasteiger partial charge in [0.2, 0.25) is 0 Å². The zero-order chi connectivity index (χ0) is 44.8. The van der Waals surface area contributed by atoms with Crippen molar-refractivity contribution in [3.8, 4) is 0 Å². The molecule has 0 heterocycles. The van der Waals surface area contributed by atoms with Gasteiger partial charge in [-0.15, -0.1) is 0 Å². The summed E-state index contributed by atoms with van der Waals surface area (Å²) in [5.74, 6) is -11.9. The van der Waals surface area contributed by atoms with Crippen LogP contribution in [0.25, 0.3) is 0 Å². The molecule has 4 saturated carbocycles. The maximum absolute atomic E-state index is 15.8. The largest absolute Gasteiger partial charge is 0.463 e. The van der Waals surface area contributed by atoms with E-state index < -0.39 is 118 Å². The van der Waals surface area contributed by atoms with Crippen LogP contribution in [0.5, 0.6) is 0 Å². The van der Waals surface area contributed by atoms with Gasteiger partial charge in [0.1, 0.15) is 10.8 Å². The molecule has 0 N–H and O–H groups in total. The van der Waals surface area contributed by atoms with Gasteiger partial charge in [-0.25, -0.2) is 19.2 Å². The van der Waals surface area contributed by atoms with Crippen LogP contribution in [0, 0.1) is 45.3 Å². The fourth-order valence-corrected chi connectivity index (χ4v) is 11.2. The van der Waals surface area contributed by atoms with E-state index in [0.29, 0.717) is 51.4 Å². The van der Waals surface area contributed by atoms with Crippen LogP contribution in [-0.2, 0) is 76.3 Å². The molecule has 16 nitrogen and oxygen atoms in total. The summed E-state index contributed by atoms with van der Waals surface area (Å²) < 4.78 is 44.4. The van der Waals surface area contributed by atoms with E-state index >= 15 is 19.2 Å². The monoisotopic (exact) mass is 850 g/mol. The summed E-state index contributed by atoms with van der Waals surface area (Å²) in [6, 6.07) is 0. The minimum absolute atomic E-state index is 0.00664. The Kier molecular flexibility index (Phi) is 15.9. The highest BCUT2D eigenvalue weighted by atomic mass is 16.6. The minimum atomic E-state index is -2.33. The summed E-state index contributed by atoms with van der Waals surface area (Å²) in [4.78, 5) is 114. The van der Waals surface area contributed by atoms with Crippen LogP contribution in [0.15, 0.2) is 0 Å². The molecule has 4 aliphatic carbocycles. The van der Waals surface area contributed by atoms with E-state index in [0.717, 1.165) is 12.8 Å². The van der Waals surface area contributed by atoms with Crippen LogP contribution in [0.1, 0.15) is 133 Å². The molecule has 4 rings (SSSR count). The zero-order valence-electron chi connectivity index (χ0n) is 37.1. The average molecular weight is 851 g/mol. The second-order valence-electron chi connectivity index (χ2n) is 17.0. The third kappa shape index (κ3) is 8.24. The Bertz CT molecular complexity index is 1510. The zero-order valence-corrected chi connectivity index (χ0v) is 37.1. The van der Waals surface area contributed by atoms with Crippen molar-refractivity contribution < 1.29 is 76.3 Å². The topological polar surface area (TPSA) is 210 Å². The molecule has 338 valence electrons. The number of hydrogen-bond acceptors (Lipinski definition) is 16. The second-order valence-corrected chi connectivity index (χ2v) is 17.0. The molecule has 0 aromatic carbocycles. The standard InChI is InChI=1S/C44H66O16/c1-11-53-33(45)25(5)57-37(49)31-41(9,29-21-17-15-18-22-29)43(31,39(51)59-27(7)35(47)55-13-3)44(40(52)60-28(8)36(48)56-14-4)32(38(50)58-26(6)34(46)54-12-2)42(44,10)30-23-19-16-20-24-30/h25-32H,11-24H2,1-10H3/t25-,26-,27-,28-,31?,32?,41-,42-,43-,44-/m0/s1. The van der Waals surface area contributed by atoms with E-state index in [1.807, 2.05) is 0 Å². The van der Waals surface area contributed by atoms with E-state index in [4.69, 9.17) is 37.9 Å². The van der Waals surface area contributed by atoms with Crippen molar-refractivity contribution in [1.29, 1.82) is 0 Å². The van der Waals surface area contributed by atoms with E-state index in [2.05, 4.69) is 0 Å². The van der Waals surface area contributed by atoms with E-state index in [1.165, 1.54) is 27.7 Å². The molecule has 10 atom stereocenters. The molecule has 0 spiro atoms. The van der Waals surface area contributed by atoms with Crippen LogP contribution >= 0.6 is 0 Å². The summed E-state index contributed by atoms with van der Waals surface area (Å²) in [6.45, 7) is 14.9. The van der Waals surface area contributed by atoms with Gasteiger partial charge in [-0.05, 0) is 92.9 Å². The Labute approximate surface area is 353 Å². The number of hydrogen-bond donors (Lipinski definition) is 0. The van der Waals surface area contributed by atoms with Crippen LogP contribution in [0.4, 0.5) is 0 Å². The Hall–Kier alpha value is -4.24. The molecule has 0 aromatic heterocycles. The van der Waals surface area contributed by atoms with Crippen molar-refractivity contribution in [2.75, 3.05) is 26.4 Å². The van der Waals surface area contributed by atoms with Gasteiger partial charge in [0.15, 0.2) is 24.4 Å². The van der Waals surface area contributed by atoms with Crippen molar-refractivity contribution in [2.45, 2.75) is 158 Å². The SMILES string of the molecule is CCOC(=O)[C@H](C)OC(=O)C1[C@](C)(C2CCCCC2)[C@]1(C(=O)O[C@@H](C)C(=O)OCC)[C@]1(C(=O)O[C@@H](C)C(=O)OCC)C(C(=O)O[C@@H](C)C(=O)OCC)[C@]1(C)C1CCCCC1. The molecule has 0 bridgehead atoms. The predicted octanol–water partition coefficient (Wildman–Crippen LogP) is 5.37. The maximum Gasteiger partial charge on any atom is 0.347 e. The first-order chi connectivity index (χ1) is 28.3. The first-order valence-electron chi connectivity index (χ1n) is 21.8. The van der Waals surface area contributed by atoms with Gasteiger partial charge in [0, 0.05) is 10.8 Å². The van der Waals surface area contributed by atoms with Gasteiger partial charge in [-0.3, -0.25) is 19.2 Å². The van der Waals surface area contributed by atoms with Crippen LogP contribution < -0.4 is 0 Å². The fourth-order valence-electron chi connectivity index (χ4n) is 11.2. The molecule has 0 amide bonds. The molecule has 0 aliphatic heterocycles. The lowest BCUT2D eigenvalue weighted by Gasteiger charge is -2.39. The Balaban J connectivity index is 2.12. The average Bonchev–Trinajstić information content (AvgIpc) is 4.03. The minimum Gasteiger partial charge on any atom is -0.463 e. The lowest BCUT2D eigenvalue weighted by atomic mass is 9.64. The molecule has 60 heavy (non-hydrogen) atoms. The number of esters is 8. The smallest absolute Gasteiger partial charge is 0.347 e. The lowest BCUT2D eigenvalue weighted by molar-refractivity contribution is -0.187. The summed E-state index contributed by atoms with van der Waals surface area (Å²) in [6.07, 6.45) is 0.657. The predicted molar refractivity (Wildman–Crippen MR) is 210 cm³/mol. The second kappa shape index (κ2) is 19.6. The molecule has 2 unspecified atom stereocenters. The van der Waals surface area contributed by atoms with Crippen molar-refractivity contribution in [3.63, 3.8) is 0 Å². The van der Waals surface area contributed by atoms with Gasteiger partial charge in [0.05, 0.1) is 38.3 Å². The normalized spacial score (nSPS) is 30.8. The van der Waals surface area contributed by atoms with E-state index in [-0.39, 0.29) is 26.4 Å². The number of rotatable bonds is 19. The van der Waals surface area contributed by atoms with Crippen LogP contribution in [0.3, 0.4) is 0 Å². The molecule has 4 aliphatic rings. The van der Waals surface area contributed by atoms with Crippen LogP contribution in [-0.4, -0.2) is 98.6 Å². The molecule has 0 saturated heterocycles. The quantitative estimate of drug-likeness (QED) is 0.118. The first-order valence-corrected chi connectivity index (χ1v) is 21.8. The third-order valence-electron chi connectivity index (χ3n) is 13.9. The summed E-state index contributed by atoms with van der Waals surface area (Å²) in [7, 11) is 0. The highest BCUT2D eigenvalue weighted by molar-refractivity contribution is 6.07. The highest BCUT2D eigenvalue weighted by Gasteiger charge is 3.03. The Morgan fingerprint density at radius 1 is 0.433 bits per heavy atom. The molecule has 16 heteroatoms. The summed E-state index contributed by atoms with van der Waals surface area (Å²) >= 11 is 0. The lowest BCUT2D eigenvalue weighted by Crippen LogP contribution is -2.49. The van der Waals surface area contributed by atoms with E-state index in [1.54, 1.807) is 41.5 Å². The van der Waals surface area contributed by atoms with Gasteiger partial charge in [0.25, 0.3) is 0 Å². The third-order valence-corrected chi connectivity index (χ3v) is 13.9. The molecule has 0 aromatic rings. The number of carbonyl (C=O) groups is 8. The van der Waals surface area contributed by atoms with Gasteiger partial charge < -0.3 is 37.9 Å². The number of ether oxygens (including phenoxy) is 8. The Morgan fingerprint density at radius 3 is 0.933 bits per heavy atom. The number of carbonyl (C=O) groups excluding carboxylic acids is 8. The van der Waals surface area contributed by atoms with Crippen LogP contribution in [0.2, 0.25) is 0 Å². The van der Waals surface area contributed by atoms with Crippen molar-refractivity contribution >= 4 is 47.8 Å². The Morgan fingerprint density at radius 2 is 0.683 bits per heavy atom.